The van der Waals surface area contributed by atoms with E-state index in [2.05, 4.69) is 47.6 Å². The van der Waals surface area contributed by atoms with Gasteiger partial charge in [0.25, 0.3) is 5.91 Å². The number of amides is 3. The average Bonchev–Trinajstić information content (AvgIpc) is 3.78. The Labute approximate surface area is 249 Å². The maximum Gasteiger partial charge on any atom is 0.410 e. The van der Waals surface area contributed by atoms with E-state index in [1.165, 1.54) is 0 Å². The van der Waals surface area contributed by atoms with E-state index in [0.717, 1.165) is 35.5 Å². The number of benzene rings is 2. The average molecular weight is 576 g/mol. The summed E-state index contributed by atoms with van der Waals surface area (Å²) in [6.45, 7) is 13.6. The molecule has 1 saturated heterocycles. The summed E-state index contributed by atoms with van der Waals surface area (Å²) in [4.78, 5) is 44.1. The van der Waals surface area contributed by atoms with Gasteiger partial charge in [-0.15, -0.1) is 0 Å². The first-order chi connectivity index (χ1) is 19.9. The Morgan fingerprint density at radius 3 is 2.24 bits per heavy atom. The third-order valence-electron chi connectivity index (χ3n) is 8.73. The highest BCUT2D eigenvalue weighted by molar-refractivity contribution is 5.95. The Morgan fingerprint density at radius 2 is 1.67 bits per heavy atom. The summed E-state index contributed by atoms with van der Waals surface area (Å²) in [6.07, 6.45) is 2.00. The Morgan fingerprint density at radius 1 is 0.976 bits per heavy atom. The van der Waals surface area contributed by atoms with Crippen molar-refractivity contribution in [1.82, 2.24) is 10.2 Å². The molecule has 2 aliphatic heterocycles. The standard InChI is InChI=1S/C33H45N5O4/c1-20-19-36(16-17-37(20)32(41)42-33(4,5)6)26-14-15-28-27(18-26)29(21(2)30(23-8-9-23)38(28)22(3)39)35-25-12-10-24(11-13-25)31(40)34-7/h10-15,18,20-21,23,29-30,35H,8-9,16-17,19H2,1-7H3,(H,34,40)/t20-,21+,29+,30+/m0/s1. The van der Waals surface area contributed by atoms with E-state index in [1.54, 1.807) is 14.0 Å². The highest BCUT2D eigenvalue weighted by Gasteiger charge is 2.47. The van der Waals surface area contributed by atoms with Crippen molar-refractivity contribution in [3.63, 3.8) is 0 Å². The maximum absolute atomic E-state index is 13.1. The molecule has 1 saturated carbocycles. The van der Waals surface area contributed by atoms with E-state index in [9.17, 15) is 14.4 Å². The van der Waals surface area contributed by atoms with Crippen molar-refractivity contribution >= 4 is 35.0 Å². The summed E-state index contributed by atoms with van der Waals surface area (Å²) in [7, 11) is 1.63. The van der Waals surface area contributed by atoms with Crippen LogP contribution in [0.5, 0.6) is 0 Å². The molecular formula is C33H45N5O4. The minimum absolute atomic E-state index is 0.00993. The van der Waals surface area contributed by atoms with Crippen molar-refractivity contribution in [3.05, 3.63) is 53.6 Å². The van der Waals surface area contributed by atoms with Crippen LogP contribution in [0, 0.1) is 11.8 Å². The van der Waals surface area contributed by atoms with Crippen molar-refractivity contribution in [2.45, 2.75) is 78.1 Å². The van der Waals surface area contributed by atoms with Crippen LogP contribution in [-0.2, 0) is 9.53 Å². The second-order valence-electron chi connectivity index (χ2n) is 13.1. The van der Waals surface area contributed by atoms with Crippen LogP contribution in [0.3, 0.4) is 0 Å². The molecule has 9 nitrogen and oxygen atoms in total. The summed E-state index contributed by atoms with van der Waals surface area (Å²) in [5, 5.41) is 6.44. The van der Waals surface area contributed by atoms with Gasteiger partial charge in [-0.1, -0.05) is 6.92 Å². The highest BCUT2D eigenvalue weighted by Crippen LogP contribution is 2.50. The molecule has 0 radical (unpaired) electrons. The van der Waals surface area contributed by atoms with Crippen LogP contribution in [0.4, 0.5) is 21.9 Å². The largest absolute Gasteiger partial charge is 0.444 e. The zero-order chi connectivity index (χ0) is 30.3. The minimum atomic E-state index is -0.533. The molecule has 3 amide bonds. The number of fused-ring (bicyclic) bond motifs is 1. The van der Waals surface area contributed by atoms with Crippen molar-refractivity contribution in [3.8, 4) is 0 Å². The molecule has 5 rings (SSSR count). The summed E-state index contributed by atoms with van der Waals surface area (Å²) >= 11 is 0. The number of nitrogens with zero attached hydrogens (tertiary/aromatic N) is 3. The molecule has 0 aromatic heterocycles. The fraction of sp³-hybridized carbons (Fsp3) is 0.545. The van der Waals surface area contributed by atoms with Gasteiger partial charge in [0, 0.05) is 79.8 Å². The Hall–Kier alpha value is -3.75. The molecule has 2 aromatic carbocycles. The van der Waals surface area contributed by atoms with Crippen molar-refractivity contribution in [2.75, 3.05) is 41.8 Å². The van der Waals surface area contributed by atoms with E-state index < -0.39 is 5.60 Å². The van der Waals surface area contributed by atoms with Gasteiger partial charge in [0.05, 0.1) is 6.04 Å². The van der Waals surface area contributed by atoms with Crippen LogP contribution >= 0.6 is 0 Å². The lowest BCUT2D eigenvalue weighted by molar-refractivity contribution is -0.117. The van der Waals surface area contributed by atoms with Gasteiger partial charge in [0.1, 0.15) is 5.60 Å². The first-order valence-electron chi connectivity index (χ1n) is 15.1. The molecular weight excluding hydrogens is 530 g/mol. The second kappa shape index (κ2) is 11.5. The van der Waals surface area contributed by atoms with Crippen LogP contribution in [0.25, 0.3) is 0 Å². The minimum Gasteiger partial charge on any atom is -0.444 e. The van der Waals surface area contributed by atoms with Gasteiger partial charge in [0.2, 0.25) is 5.91 Å². The predicted octanol–water partition coefficient (Wildman–Crippen LogP) is 5.43. The number of nitrogens with one attached hydrogen (secondary N) is 2. The molecule has 2 fully saturated rings. The zero-order valence-electron chi connectivity index (χ0n) is 25.9. The quantitative estimate of drug-likeness (QED) is 0.494. The first kappa shape index (κ1) is 29.7. The van der Waals surface area contributed by atoms with Crippen molar-refractivity contribution in [2.24, 2.45) is 11.8 Å². The molecule has 3 aliphatic rings. The lowest BCUT2D eigenvalue weighted by atomic mass is 9.79. The third kappa shape index (κ3) is 6.05. The van der Waals surface area contributed by atoms with Gasteiger partial charge >= 0.3 is 6.09 Å². The molecule has 42 heavy (non-hydrogen) atoms. The van der Waals surface area contributed by atoms with Crippen LogP contribution in [0.2, 0.25) is 0 Å². The molecule has 0 unspecified atom stereocenters. The zero-order valence-corrected chi connectivity index (χ0v) is 25.9. The van der Waals surface area contributed by atoms with Gasteiger partial charge in [-0.25, -0.2) is 4.79 Å². The molecule has 0 bridgehead atoms. The number of hydrogen-bond donors (Lipinski definition) is 2. The number of carbonyl (C=O) groups is 3. The number of rotatable bonds is 5. The molecule has 9 heteroatoms. The lowest BCUT2D eigenvalue weighted by Crippen LogP contribution is -2.55. The van der Waals surface area contributed by atoms with Gasteiger partial charge in [0.15, 0.2) is 0 Å². The van der Waals surface area contributed by atoms with E-state index in [4.69, 9.17) is 4.74 Å². The lowest BCUT2D eigenvalue weighted by Gasteiger charge is -2.47. The second-order valence-corrected chi connectivity index (χ2v) is 13.1. The smallest absolute Gasteiger partial charge is 0.410 e. The first-order valence-corrected chi connectivity index (χ1v) is 15.1. The Kier molecular flexibility index (Phi) is 8.14. The molecule has 2 heterocycles. The van der Waals surface area contributed by atoms with Gasteiger partial charge in [-0.2, -0.15) is 0 Å². The fourth-order valence-corrected chi connectivity index (χ4v) is 6.58. The fourth-order valence-electron chi connectivity index (χ4n) is 6.58. The Balaban J connectivity index is 1.45. The number of anilines is 3. The molecule has 0 spiro atoms. The summed E-state index contributed by atoms with van der Waals surface area (Å²) in [5.74, 6) is 0.624. The van der Waals surface area contributed by atoms with E-state index in [1.807, 2.05) is 54.8 Å². The highest BCUT2D eigenvalue weighted by atomic mass is 16.6. The van der Waals surface area contributed by atoms with Crippen LogP contribution in [0.15, 0.2) is 42.5 Å². The molecule has 226 valence electrons. The van der Waals surface area contributed by atoms with Crippen LogP contribution in [-0.4, -0.2) is 67.2 Å². The SMILES string of the molecule is CNC(=O)c1ccc(N[C@H]2c3cc(N4CCN(C(=O)OC(C)(C)C)[C@@H](C)C4)ccc3N(C(C)=O)[C@@H](C3CC3)[C@@H]2C)cc1. The number of carbonyl (C=O) groups excluding carboxylic acids is 3. The van der Waals surface area contributed by atoms with Gasteiger partial charge in [-0.3, -0.25) is 9.59 Å². The summed E-state index contributed by atoms with van der Waals surface area (Å²) < 4.78 is 5.64. The van der Waals surface area contributed by atoms with Crippen LogP contribution < -0.4 is 20.4 Å². The number of hydrogen-bond acceptors (Lipinski definition) is 6. The van der Waals surface area contributed by atoms with Crippen molar-refractivity contribution in [1.29, 1.82) is 0 Å². The monoisotopic (exact) mass is 575 g/mol. The molecule has 4 atom stereocenters. The van der Waals surface area contributed by atoms with E-state index in [0.29, 0.717) is 31.1 Å². The molecule has 2 aromatic rings. The van der Waals surface area contributed by atoms with Gasteiger partial charge < -0.3 is 30.1 Å². The molecule has 2 N–H and O–H groups in total. The van der Waals surface area contributed by atoms with E-state index >= 15 is 0 Å². The predicted molar refractivity (Wildman–Crippen MR) is 166 cm³/mol. The normalized spacial score (nSPS) is 24.1. The van der Waals surface area contributed by atoms with Crippen LogP contribution in [0.1, 0.15) is 76.3 Å². The van der Waals surface area contributed by atoms with Crippen molar-refractivity contribution < 1.29 is 19.1 Å². The maximum atomic E-state index is 13.1. The van der Waals surface area contributed by atoms with Gasteiger partial charge in [-0.05, 0) is 88.9 Å². The Bertz CT molecular complexity index is 1330. The summed E-state index contributed by atoms with van der Waals surface area (Å²) in [6, 6.07) is 14.1. The number of ether oxygens (including phenoxy) is 1. The van der Waals surface area contributed by atoms with E-state index in [-0.39, 0.29) is 42.0 Å². The number of piperazine rings is 1. The summed E-state index contributed by atoms with van der Waals surface area (Å²) in [5.41, 5.74) is 4.13. The molecule has 1 aliphatic carbocycles. The third-order valence-corrected chi connectivity index (χ3v) is 8.73. The topological polar surface area (TPSA) is 94.2 Å².